The molecule has 1 amide bonds. The molecule has 7 nitrogen and oxygen atoms in total. The molecule has 0 bridgehead atoms. The molecular formula is C15H13FN2O5. The Morgan fingerprint density at radius 1 is 1.30 bits per heavy atom. The molecule has 8 heteroatoms. The van der Waals surface area contributed by atoms with Crippen LogP contribution < -0.4 is 14.8 Å². The van der Waals surface area contributed by atoms with Crippen LogP contribution in [0.3, 0.4) is 0 Å². The van der Waals surface area contributed by atoms with Gasteiger partial charge in [-0.05, 0) is 24.3 Å². The number of hydrogen-bond donors (Lipinski definition) is 1. The van der Waals surface area contributed by atoms with E-state index in [9.17, 15) is 19.3 Å². The van der Waals surface area contributed by atoms with Crippen LogP contribution in [0, 0.1) is 15.9 Å². The number of ether oxygens (including phenoxy) is 2. The molecule has 0 atom stereocenters. The average Bonchev–Trinajstić information content (AvgIpc) is 2.52. The minimum atomic E-state index is -0.584. The van der Waals surface area contributed by atoms with Gasteiger partial charge in [0.05, 0.1) is 12.0 Å². The van der Waals surface area contributed by atoms with E-state index in [4.69, 9.17) is 9.47 Å². The van der Waals surface area contributed by atoms with Gasteiger partial charge >= 0.3 is 5.69 Å². The van der Waals surface area contributed by atoms with Gasteiger partial charge in [0.1, 0.15) is 11.6 Å². The second-order valence-electron chi connectivity index (χ2n) is 4.44. The van der Waals surface area contributed by atoms with E-state index < -0.39 is 16.6 Å². The lowest BCUT2D eigenvalue weighted by atomic mass is 10.3. The minimum Gasteiger partial charge on any atom is -0.490 e. The number of carbonyl (C=O) groups excluding carboxylic acids is 1. The van der Waals surface area contributed by atoms with Crippen molar-refractivity contribution in [1.29, 1.82) is 0 Å². The molecule has 0 unspecified atom stereocenters. The predicted octanol–water partition coefficient (Wildman–Crippen LogP) is 2.76. The number of rotatable bonds is 6. The fourth-order valence-electron chi connectivity index (χ4n) is 1.81. The van der Waals surface area contributed by atoms with Crippen molar-refractivity contribution < 1.29 is 23.6 Å². The maximum Gasteiger partial charge on any atom is 0.311 e. The zero-order valence-electron chi connectivity index (χ0n) is 12.1. The molecule has 0 fully saturated rings. The van der Waals surface area contributed by atoms with Crippen LogP contribution in [0.1, 0.15) is 0 Å². The van der Waals surface area contributed by atoms with E-state index in [2.05, 4.69) is 5.32 Å². The average molecular weight is 320 g/mol. The SMILES string of the molecule is COc1cc(OCC(=O)Nc2cccc(F)c2)ccc1[N+](=O)[O-]. The third-order valence-corrected chi connectivity index (χ3v) is 2.83. The number of nitrogens with zero attached hydrogens (tertiary/aromatic N) is 1. The van der Waals surface area contributed by atoms with Crippen molar-refractivity contribution in [1.82, 2.24) is 0 Å². The van der Waals surface area contributed by atoms with Crippen molar-refractivity contribution in [2.24, 2.45) is 0 Å². The van der Waals surface area contributed by atoms with Gasteiger partial charge in [-0.3, -0.25) is 14.9 Å². The lowest BCUT2D eigenvalue weighted by Crippen LogP contribution is -2.20. The summed E-state index contributed by atoms with van der Waals surface area (Å²) in [6.07, 6.45) is 0. The third-order valence-electron chi connectivity index (χ3n) is 2.83. The molecule has 0 saturated heterocycles. The first-order valence-electron chi connectivity index (χ1n) is 6.50. The highest BCUT2D eigenvalue weighted by atomic mass is 19.1. The van der Waals surface area contributed by atoms with E-state index in [0.717, 1.165) is 0 Å². The molecule has 2 aromatic rings. The van der Waals surface area contributed by atoms with Crippen molar-refractivity contribution in [2.75, 3.05) is 19.0 Å². The van der Waals surface area contributed by atoms with E-state index in [-0.39, 0.29) is 23.8 Å². The standard InChI is InChI=1S/C15H13FN2O5/c1-22-14-8-12(5-6-13(14)18(20)21)23-9-15(19)17-11-4-2-3-10(16)7-11/h2-8H,9H2,1H3,(H,17,19). The Hall–Kier alpha value is -3.16. The summed E-state index contributed by atoms with van der Waals surface area (Å²) in [7, 11) is 1.29. The van der Waals surface area contributed by atoms with Crippen molar-refractivity contribution in [3.63, 3.8) is 0 Å². The van der Waals surface area contributed by atoms with Gasteiger partial charge in [-0.2, -0.15) is 0 Å². The topological polar surface area (TPSA) is 90.7 Å². The monoisotopic (exact) mass is 320 g/mol. The van der Waals surface area contributed by atoms with E-state index in [1.54, 1.807) is 0 Å². The number of nitrogens with one attached hydrogen (secondary N) is 1. The number of hydrogen-bond acceptors (Lipinski definition) is 5. The van der Waals surface area contributed by atoms with E-state index in [1.807, 2.05) is 0 Å². The van der Waals surface area contributed by atoms with Crippen molar-refractivity contribution >= 4 is 17.3 Å². The van der Waals surface area contributed by atoms with Gasteiger partial charge in [-0.1, -0.05) is 6.07 Å². The molecule has 0 aliphatic carbocycles. The second kappa shape index (κ2) is 7.21. The first-order valence-corrected chi connectivity index (χ1v) is 6.50. The van der Waals surface area contributed by atoms with Gasteiger partial charge in [0.2, 0.25) is 5.75 Å². The summed E-state index contributed by atoms with van der Waals surface area (Å²) in [5.41, 5.74) is 0.101. The van der Waals surface area contributed by atoms with Crippen LogP contribution in [0.2, 0.25) is 0 Å². The fraction of sp³-hybridized carbons (Fsp3) is 0.133. The Labute approximate surface area is 130 Å². The van der Waals surface area contributed by atoms with Gasteiger partial charge in [0, 0.05) is 17.8 Å². The molecule has 0 radical (unpaired) electrons. The summed E-state index contributed by atoms with van der Waals surface area (Å²) in [5.74, 6) is -0.698. The zero-order chi connectivity index (χ0) is 16.8. The van der Waals surface area contributed by atoms with Crippen molar-refractivity contribution in [3.05, 3.63) is 58.4 Å². The lowest BCUT2D eigenvalue weighted by Gasteiger charge is -2.09. The molecule has 2 aromatic carbocycles. The normalized spacial score (nSPS) is 10.0. The molecule has 0 spiro atoms. The highest BCUT2D eigenvalue weighted by Gasteiger charge is 2.15. The maximum atomic E-state index is 13.0. The fourth-order valence-corrected chi connectivity index (χ4v) is 1.81. The zero-order valence-corrected chi connectivity index (χ0v) is 12.1. The molecule has 23 heavy (non-hydrogen) atoms. The summed E-state index contributed by atoms with van der Waals surface area (Å²) < 4.78 is 23.1. The number of nitro benzene ring substituents is 1. The molecule has 0 aromatic heterocycles. The highest BCUT2D eigenvalue weighted by Crippen LogP contribution is 2.30. The lowest BCUT2D eigenvalue weighted by molar-refractivity contribution is -0.385. The van der Waals surface area contributed by atoms with Crippen LogP contribution in [0.15, 0.2) is 42.5 Å². The molecule has 0 heterocycles. The second-order valence-corrected chi connectivity index (χ2v) is 4.44. The number of nitro groups is 1. The summed E-state index contributed by atoms with van der Waals surface area (Å²) in [6.45, 7) is -0.336. The maximum absolute atomic E-state index is 13.0. The first kappa shape index (κ1) is 16.2. The first-order chi connectivity index (χ1) is 11.0. The molecular weight excluding hydrogens is 307 g/mol. The Morgan fingerprint density at radius 3 is 2.74 bits per heavy atom. The number of anilines is 1. The van der Waals surface area contributed by atoms with E-state index >= 15 is 0 Å². The Kier molecular flexibility index (Phi) is 5.08. The highest BCUT2D eigenvalue weighted by molar-refractivity contribution is 5.91. The molecule has 0 aliphatic rings. The van der Waals surface area contributed by atoms with Crippen LogP contribution in [0.25, 0.3) is 0 Å². The van der Waals surface area contributed by atoms with Gasteiger partial charge in [0.15, 0.2) is 6.61 Å². The van der Waals surface area contributed by atoms with Gasteiger partial charge < -0.3 is 14.8 Å². The number of carbonyl (C=O) groups is 1. The van der Waals surface area contributed by atoms with Crippen LogP contribution in [0.5, 0.6) is 11.5 Å². The van der Waals surface area contributed by atoms with Gasteiger partial charge in [0.25, 0.3) is 5.91 Å². The molecule has 1 N–H and O–H groups in total. The van der Waals surface area contributed by atoms with Crippen LogP contribution >= 0.6 is 0 Å². The number of methoxy groups -OCH3 is 1. The van der Waals surface area contributed by atoms with Crippen molar-refractivity contribution in [2.45, 2.75) is 0 Å². The van der Waals surface area contributed by atoms with Crippen LogP contribution in [-0.2, 0) is 4.79 Å². The smallest absolute Gasteiger partial charge is 0.311 e. The predicted molar refractivity (Wildman–Crippen MR) is 80.2 cm³/mol. The number of halogens is 1. The minimum absolute atomic E-state index is 0.0260. The summed E-state index contributed by atoms with van der Waals surface area (Å²) >= 11 is 0. The number of amides is 1. The molecule has 0 aliphatic heterocycles. The summed E-state index contributed by atoms with van der Waals surface area (Å²) in [6, 6.07) is 9.33. The number of benzene rings is 2. The Bertz CT molecular complexity index is 736. The van der Waals surface area contributed by atoms with Crippen LogP contribution in [0.4, 0.5) is 15.8 Å². The Morgan fingerprint density at radius 2 is 2.09 bits per heavy atom. The van der Waals surface area contributed by atoms with E-state index in [1.165, 1.54) is 49.6 Å². The van der Waals surface area contributed by atoms with Gasteiger partial charge in [-0.25, -0.2) is 4.39 Å². The molecule has 120 valence electrons. The Balaban J connectivity index is 1.97. The molecule has 0 saturated carbocycles. The largest absolute Gasteiger partial charge is 0.490 e. The summed E-state index contributed by atoms with van der Waals surface area (Å²) in [5, 5.41) is 13.2. The van der Waals surface area contributed by atoms with E-state index in [0.29, 0.717) is 5.69 Å². The summed E-state index contributed by atoms with van der Waals surface area (Å²) in [4.78, 5) is 21.9. The van der Waals surface area contributed by atoms with Crippen LogP contribution in [-0.4, -0.2) is 24.5 Å². The quantitative estimate of drug-likeness (QED) is 0.653. The van der Waals surface area contributed by atoms with Gasteiger partial charge in [-0.15, -0.1) is 0 Å². The van der Waals surface area contributed by atoms with Crippen molar-refractivity contribution in [3.8, 4) is 11.5 Å². The molecule has 2 rings (SSSR count). The third kappa shape index (κ3) is 4.40.